The molecule has 16 heavy (non-hydrogen) atoms. The van der Waals surface area contributed by atoms with Crippen LogP contribution in [0.15, 0.2) is 24.3 Å². The van der Waals surface area contributed by atoms with Gasteiger partial charge in [0.1, 0.15) is 4.64 Å². The first-order valence-corrected chi connectivity index (χ1v) is 5.62. The highest BCUT2D eigenvalue weighted by Gasteiger charge is 2.05. The van der Waals surface area contributed by atoms with E-state index in [1.54, 1.807) is 0 Å². The topological polar surface area (TPSA) is 28.7 Å². The molecule has 0 aliphatic heterocycles. The number of nitrogens with zero attached hydrogens (tertiary/aromatic N) is 1. The van der Waals surface area contributed by atoms with Crippen LogP contribution >= 0.6 is 12.2 Å². The third-order valence-corrected chi connectivity index (χ3v) is 3.02. The van der Waals surface area contributed by atoms with Gasteiger partial charge in [0, 0.05) is 5.56 Å². The highest BCUT2D eigenvalue weighted by molar-refractivity contribution is 7.71. The first-order chi connectivity index (χ1) is 7.58. The van der Waals surface area contributed by atoms with Crippen LogP contribution in [0.3, 0.4) is 0 Å². The van der Waals surface area contributed by atoms with Gasteiger partial charge in [0.2, 0.25) is 0 Å². The minimum Gasteiger partial charge on any atom is -0.267 e. The van der Waals surface area contributed by atoms with Gasteiger partial charge < -0.3 is 0 Å². The summed E-state index contributed by atoms with van der Waals surface area (Å²) in [6, 6.07) is 8.18. The summed E-state index contributed by atoms with van der Waals surface area (Å²) in [5.74, 6) is 0. The molecule has 0 aliphatic rings. The van der Waals surface area contributed by atoms with Gasteiger partial charge in [-0.3, -0.25) is 5.10 Å². The first kappa shape index (κ1) is 11.0. The molecule has 2 rings (SSSR count). The second kappa shape index (κ2) is 4.18. The summed E-state index contributed by atoms with van der Waals surface area (Å²) in [5.41, 5.74) is 5.93. The van der Waals surface area contributed by atoms with Crippen LogP contribution in [-0.4, -0.2) is 10.2 Å². The second-order valence-electron chi connectivity index (χ2n) is 4.06. The normalized spacial score (nSPS) is 10.4. The molecule has 2 nitrogen and oxygen atoms in total. The summed E-state index contributed by atoms with van der Waals surface area (Å²) in [6.45, 7) is 6.34. The summed E-state index contributed by atoms with van der Waals surface area (Å²) in [5, 5.41) is 7.08. The molecule has 0 bridgehead atoms. The standard InChI is InChI=1S/C13H14N2S/c1-8-6-10(3)11(7-9(8)2)12-4-5-13(16)15-14-12/h4-7H,1-3H3,(H,15,16). The Hall–Kier alpha value is -1.48. The van der Waals surface area contributed by atoms with E-state index in [9.17, 15) is 0 Å². The van der Waals surface area contributed by atoms with Crippen molar-refractivity contribution in [3.05, 3.63) is 45.6 Å². The molecule has 1 heterocycles. The smallest absolute Gasteiger partial charge is 0.119 e. The van der Waals surface area contributed by atoms with Crippen LogP contribution < -0.4 is 0 Å². The number of nitrogens with one attached hydrogen (secondary N) is 1. The maximum Gasteiger partial charge on any atom is 0.119 e. The van der Waals surface area contributed by atoms with Crippen LogP contribution in [-0.2, 0) is 0 Å². The number of hydrogen-bond donors (Lipinski definition) is 1. The number of benzene rings is 1. The Bertz CT molecular complexity index is 564. The summed E-state index contributed by atoms with van der Waals surface area (Å²) < 4.78 is 0.658. The predicted molar refractivity (Wildman–Crippen MR) is 69.1 cm³/mol. The fourth-order valence-corrected chi connectivity index (χ4v) is 1.84. The molecular weight excluding hydrogens is 216 g/mol. The Kier molecular flexibility index (Phi) is 2.88. The molecule has 1 aromatic carbocycles. The minimum atomic E-state index is 0.658. The molecule has 0 saturated heterocycles. The van der Waals surface area contributed by atoms with E-state index in [1.807, 2.05) is 12.1 Å². The molecule has 82 valence electrons. The van der Waals surface area contributed by atoms with Gasteiger partial charge >= 0.3 is 0 Å². The number of aromatic nitrogens is 2. The maximum absolute atomic E-state index is 4.98. The zero-order chi connectivity index (χ0) is 11.7. The molecule has 0 spiro atoms. The van der Waals surface area contributed by atoms with E-state index < -0.39 is 0 Å². The molecule has 0 amide bonds. The minimum absolute atomic E-state index is 0.658. The predicted octanol–water partition coefficient (Wildman–Crippen LogP) is 3.73. The summed E-state index contributed by atoms with van der Waals surface area (Å²) in [4.78, 5) is 0. The zero-order valence-electron chi connectivity index (χ0n) is 9.66. The van der Waals surface area contributed by atoms with Crippen molar-refractivity contribution in [3.63, 3.8) is 0 Å². The Morgan fingerprint density at radius 1 is 1.00 bits per heavy atom. The van der Waals surface area contributed by atoms with E-state index in [0.717, 1.165) is 11.3 Å². The van der Waals surface area contributed by atoms with Gasteiger partial charge in [0.15, 0.2) is 0 Å². The fourth-order valence-electron chi connectivity index (χ4n) is 1.73. The Morgan fingerprint density at radius 2 is 1.69 bits per heavy atom. The lowest BCUT2D eigenvalue weighted by atomic mass is 9.99. The van der Waals surface area contributed by atoms with Gasteiger partial charge in [-0.25, -0.2) is 0 Å². The largest absolute Gasteiger partial charge is 0.267 e. The van der Waals surface area contributed by atoms with Crippen molar-refractivity contribution in [1.82, 2.24) is 10.2 Å². The Morgan fingerprint density at radius 3 is 2.31 bits per heavy atom. The zero-order valence-corrected chi connectivity index (χ0v) is 10.5. The van der Waals surface area contributed by atoms with E-state index in [0.29, 0.717) is 4.64 Å². The van der Waals surface area contributed by atoms with Crippen LogP contribution in [0.5, 0.6) is 0 Å². The average molecular weight is 230 g/mol. The monoisotopic (exact) mass is 230 g/mol. The molecule has 1 N–H and O–H groups in total. The van der Waals surface area contributed by atoms with Crippen molar-refractivity contribution in [2.45, 2.75) is 20.8 Å². The van der Waals surface area contributed by atoms with Crippen molar-refractivity contribution in [2.75, 3.05) is 0 Å². The molecule has 0 aliphatic carbocycles. The lowest BCUT2D eigenvalue weighted by Gasteiger charge is -2.08. The number of aryl methyl sites for hydroxylation is 3. The quantitative estimate of drug-likeness (QED) is 0.756. The molecule has 0 atom stereocenters. The first-order valence-electron chi connectivity index (χ1n) is 5.22. The van der Waals surface area contributed by atoms with Crippen molar-refractivity contribution in [2.24, 2.45) is 0 Å². The van der Waals surface area contributed by atoms with Crippen molar-refractivity contribution < 1.29 is 0 Å². The molecule has 0 saturated carbocycles. The van der Waals surface area contributed by atoms with Crippen LogP contribution in [0.2, 0.25) is 0 Å². The summed E-state index contributed by atoms with van der Waals surface area (Å²) >= 11 is 4.98. The van der Waals surface area contributed by atoms with Gasteiger partial charge in [-0.15, -0.1) is 0 Å². The fraction of sp³-hybridized carbons (Fsp3) is 0.231. The number of aromatic amines is 1. The third-order valence-electron chi connectivity index (χ3n) is 2.80. The molecule has 1 aromatic heterocycles. The molecule has 2 aromatic rings. The number of rotatable bonds is 1. The Labute approximate surface area is 100 Å². The van der Waals surface area contributed by atoms with Gasteiger partial charge in [-0.1, -0.05) is 18.3 Å². The number of hydrogen-bond acceptors (Lipinski definition) is 2. The Balaban J connectivity index is 2.60. The average Bonchev–Trinajstić information content (AvgIpc) is 2.25. The lowest BCUT2D eigenvalue weighted by Crippen LogP contribution is -1.92. The van der Waals surface area contributed by atoms with Crippen molar-refractivity contribution in [1.29, 1.82) is 0 Å². The van der Waals surface area contributed by atoms with Crippen LogP contribution in [0, 0.1) is 25.4 Å². The van der Waals surface area contributed by atoms with Gasteiger partial charge in [-0.05, 0) is 55.7 Å². The van der Waals surface area contributed by atoms with E-state index in [1.165, 1.54) is 16.7 Å². The summed E-state index contributed by atoms with van der Waals surface area (Å²) in [6.07, 6.45) is 0. The molecule has 0 fully saturated rings. The van der Waals surface area contributed by atoms with Crippen LogP contribution in [0.25, 0.3) is 11.3 Å². The molecule has 3 heteroatoms. The van der Waals surface area contributed by atoms with Crippen LogP contribution in [0.1, 0.15) is 16.7 Å². The molecular formula is C13H14N2S. The highest BCUT2D eigenvalue weighted by atomic mass is 32.1. The highest BCUT2D eigenvalue weighted by Crippen LogP contribution is 2.24. The van der Waals surface area contributed by atoms with E-state index in [-0.39, 0.29) is 0 Å². The van der Waals surface area contributed by atoms with E-state index >= 15 is 0 Å². The SMILES string of the molecule is Cc1cc(C)c(-c2ccc(=S)[nH]n2)cc1C. The van der Waals surface area contributed by atoms with Crippen molar-refractivity contribution >= 4 is 12.2 Å². The second-order valence-corrected chi connectivity index (χ2v) is 4.50. The number of H-pyrrole nitrogens is 1. The van der Waals surface area contributed by atoms with Gasteiger partial charge in [0.05, 0.1) is 5.69 Å². The lowest BCUT2D eigenvalue weighted by molar-refractivity contribution is 1.02. The van der Waals surface area contributed by atoms with E-state index in [2.05, 4.69) is 43.1 Å². The summed E-state index contributed by atoms with van der Waals surface area (Å²) in [7, 11) is 0. The van der Waals surface area contributed by atoms with Crippen LogP contribution in [0.4, 0.5) is 0 Å². The molecule has 0 radical (unpaired) electrons. The third kappa shape index (κ3) is 2.04. The maximum atomic E-state index is 4.98. The van der Waals surface area contributed by atoms with Gasteiger partial charge in [-0.2, -0.15) is 5.10 Å². The van der Waals surface area contributed by atoms with Gasteiger partial charge in [0.25, 0.3) is 0 Å². The van der Waals surface area contributed by atoms with E-state index in [4.69, 9.17) is 12.2 Å². The van der Waals surface area contributed by atoms with Crippen molar-refractivity contribution in [3.8, 4) is 11.3 Å². The molecule has 0 unspecified atom stereocenters.